The third-order valence-electron chi connectivity index (χ3n) is 1.65. The van der Waals surface area contributed by atoms with Crippen LogP contribution in [0.4, 0.5) is 13.2 Å². The molecule has 0 fully saturated rings. The van der Waals surface area contributed by atoms with E-state index < -0.39 is 18.2 Å². The number of ether oxygens (including phenoxy) is 1. The molecule has 0 heterocycles. The van der Waals surface area contributed by atoms with Gasteiger partial charge in [-0.15, -0.1) is 0 Å². The van der Waals surface area contributed by atoms with Gasteiger partial charge in [-0.2, -0.15) is 8.78 Å². The lowest BCUT2D eigenvalue weighted by Gasteiger charge is -2.06. The molecule has 0 aliphatic carbocycles. The second kappa shape index (κ2) is 4.88. The van der Waals surface area contributed by atoms with E-state index >= 15 is 0 Å². The van der Waals surface area contributed by atoms with Crippen molar-refractivity contribution in [2.45, 2.75) is 20.0 Å². The summed E-state index contributed by atoms with van der Waals surface area (Å²) in [6.45, 7) is -1.16. The molecule has 0 aliphatic heterocycles. The predicted octanol–water partition coefficient (Wildman–Crippen LogP) is 3.19. The zero-order chi connectivity index (χ0) is 10.6. The van der Waals surface area contributed by atoms with Gasteiger partial charge in [0.1, 0.15) is 0 Å². The van der Waals surface area contributed by atoms with Crippen molar-refractivity contribution >= 4 is 0 Å². The van der Waals surface area contributed by atoms with Crippen LogP contribution in [0.25, 0.3) is 0 Å². The van der Waals surface area contributed by atoms with Gasteiger partial charge in [-0.1, -0.05) is 13.0 Å². The molecule has 0 bridgehead atoms. The van der Waals surface area contributed by atoms with Crippen LogP contribution in [0.15, 0.2) is 18.2 Å². The Balaban J connectivity index is 2.79. The molecule has 0 spiro atoms. The van der Waals surface area contributed by atoms with Crippen LogP contribution in [-0.4, -0.2) is 6.61 Å². The molecule has 1 radical (unpaired) electrons. The van der Waals surface area contributed by atoms with Gasteiger partial charge >= 0.3 is 6.61 Å². The molecule has 0 unspecified atom stereocenters. The van der Waals surface area contributed by atoms with E-state index in [4.69, 9.17) is 0 Å². The summed E-state index contributed by atoms with van der Waals surface area (Å²) in [4.78, 5) is 0. The number of benzene rings is 1. The van der Waals surface area contributed by atoms with E-state index in [9.17, 15) is 13.2 Å². The van der Waals surface area contributed by atoms with Gasteiger partial charge in [-0.25, -0.2) is 4.39 Å². The first-order valence-corrected chi connectivity index (χ1v) is 4.14. The van der Waals surface area contributed by atoms with Crippen molar-refractivity contribution in [2.24, 2.45) is 0 Å². The Hall–Kier alpha value is -1.19. The van der Waals surface area contributed by atoms with Gasteiger partial charge in [-0.3, -0.25) is 0 Å². The minimum Gasteiger partial charge on any atom is -0.432 e. The van der Waals surface area contributed by atoms with E-state index in [0.29, 0.717) is 6.42 Å². The topological polar surface area (TPSA) is 9.23 Å². The van der Waals surface area contributed by atoms with Crippen molar-refractivity contribution in [3.63, 3.8) is 0 Å². The van der Waals surface area contributed by atoms with Crippen LogP contribution < -0.4 is 4.74 Å². The Morgan fingerprint density at radius 1 is 1.43 bits per heavy atom. The minimum atomic E-state index is -2.99. The second-order valence-corrected chi connectivity index (χ2v) is 2.76. The molecular weight excluding hydrogens is 193 g/mol. The van der Waals surface area contributed by atoms with E-state index in [2.05, 4.69) is 4.74 Å². The summed E-state index contributed by atoms with van der Waals surface area (Å²) in [6.07, 6.45) is 2.45. The maximum absolute atomic E-state index is 13.1. The molecule has 77 valence electrons. The Morgan fingerprint density at radius 3 is 2.64 bits per heavy atom. The van der Waals surface area contributed by atoms with Gasteiger partial charge in [0.2, 0.25) is 0 Å². The van der Waals surface area contributed by atoms with Crippen LogP contribution in [0.2, 0.25) is 0 Å². The lowest BCUT2D eigenvalue weighted by molar-refractivity contribution is -0.0522. The third-order valence-corrected chi connectivity index (χ3v) is 1.65. The van der Waals surface area contributed by atoms with Crippen LogP contribution in [0.1, 0.15) is 12.5 Å². The number of halogens is 3. The minimum absolute atomic E-state index is 0.417. The van der Waals surface area contributed by atoms with Crippen molar-refractivity contribution in [3.05, 3.63) is 36.0 Å². The van der Waals surface area contributed by atoms with E-state index in [1.165, 1.54) is 12.1 Å². The average molecular weight is 203 g/mol. The van der Waals surface area contributed by atoms with Gasteiger partial charge in [0, 0.05) is 0 Å². The molecule has 0 amide bonds. The van der Waals surface area contributed by atoms with Crippen molar-refractivity contribution in [2.75, 3.05) is 0 Å². The molecule has 0 saturated carbocycles. The molecule has 14 heavy (non-hydrogen) atoms. The van der Waals surface area contributed by atoms with Crippen LogP contribution in [0.5, 0.6) is 5.75 Å². The summed E-state index contributed by atoms with van der Waals surface area (Å²) in [5, 5.41) is 0. The number of hydrogen-bond donors (Lipinski definition) is 0. The normalized spacial score (nSPS) is 10.6. The van der Waals surface area contributed by atoms with E-state index in [1.54, 1.807) is 6.07 Å². The molecule has 1 nitrogen and oxygen atoms in total. The fourth-order valence-corrected chi connectivity index (χ4v) is 1.10. The lowest BCUT2D eigenvalue weighted by atomic mass is 10.1. The Kier molecular flexibility index (Phi) is 3.80. The second-order valence-electron chi connectivity index (χ2n) is 2.76. The Labute approximate surface area is 80.5 Å². The molecule has 1 aromatic carbocycles. The molecule has 0 N–H and O–H groups in total. The van der Waals surface area contributed by atoms with Crippen LogP contribution in [0.3, 0.4) is 0 Å². The largest absolute Gasteiger partial charge is 0.432 e. The van der Waals surface area contributed by atoms with E-state index in [0.717, 1.165) is 5.56 Å². The molecule has 1 rings (SSSR count). The summed E-state index contributed by atoms with van der Waals surface area (Å²) in [5.41, 5.74) is 0.728. The van der Waals surface area contributed by atoms with Crippen LogP contribution in [-0.2, 0) is 6.42 Å². The summed E-state index contributed by atoms with van der Waals surface area (Å²) in [7, 11) is 0. The zero-order valence-corrected chi connectivity index (χ0v) is 7.64. The number of rotatable bonds is 4. The van der Waals surface area contributed by atoms with Crippen LogP contribution >= 0.6 is 0 Å². The molecule has 0 atom stereocenters. The molecule has 0 aliphatic rings. The molecule has 0 aromatic heterocycles. The van der Waals surface area contributed by atoms with Gasteiger partial charge in [0.15, 0.2) is 11.6 Å². The summed E-state index contributed by atoms with van der Waals surface area (Å²) in [6, 6.07) is 3.96. The molecule has 0 saturated heterocycles. The first-order chi connectivity index (χ1) is 6.63. The fraction of sp³-hybridized carbons (Fsp3) is 0.300. The van der Waals surface area contributed by atoms with Crippen LogP contribution in [0, 0.1) is 12.2 Å². The standard InChI is InChI=1S/C10H10F3O/c1-2-3-7-4-5-9(8(11)6-7)14-10(12)13/h2,4-6,10H,3H2,1H3. The van der Waals surface area contributed by atoms with Gasteiger partial charge in [0.25, 0.3) is 0 Å². The summed E-state index contributed by atoms with van der Waals surface area (Å²) in [5.74, 6) is -1.18. The van der Waals surface area contributed by atoms with Gasteiger partial charge < -0.3 is 4.74 Å². The highest BCUT2D eigenvalue weighted by atomic mass is 19.3. The highest BCUT2D eigenvalue weighted by Crippen LogP contribution is 2.20. The fourth-order valence-electron chi connectivity index (χ4n) is 1.10. The highest BCUT2D eigenvalue weighted by molar-refractivity contribution is 5.29. The quantitative estimate of drug-likeness (QED) is 0.730. The van der Waals surface area contributed by atoms with Crippen molar-refractivity contribution in [1.82, 2.24) is 0 Å². The third kappa shape index (κ3) is 2.94. The number of alkyl halides is 2. The SMILES string of the molecule is C[CH]Cc1ccc(OC(F)F)c(F)c1. The van der Waals surface area contributed by atoms with Gasteiger partial charge in [-0.05, 0) is 30.5 Å². The monoisotopic (exact) mass is 203 g/mol. The lowest BCUT2D eigenvalue weighted by Crippen LogP contribution is -2.03. The molecule has 4 heteroatoms. The first kappa shape index (κ1) is 10.9. The molecule has 1 aromatic rings. The zero-order valence-electron chi connectivity index (χ0n) is 7.64. The first-order valence-electron chi connectivity index (χ1n) is 4.14. The van der Waals surface area contributed by atoms with Gasteiger partial charge in [0.05, 0.1) is 0 Å². The maximum atomic E-state index is 13.1. The predicted molar refractivity (Wildman–Crippen MR) is 46.7 cm³/mol. The summed E-state index contributed by atoms with van der Waals surface area (Å²) < 4.78 is 40.5. The van der Waals surface area contributed by atoms with Crippen molar-refractivity contribution in [1.29, 1.82) is 0 Å². The average Bonchev–Trinajstić information content (AvgIpc) is 2.10. The smallest absolute Gasteiger partial charge is 0.387 e. The van der Waals surface area contributed by atoms with Crippen molar-refractivity contribution < 1.29 is 17.9 Å². The summed E-state index contributed by atoms with van der Waals surface area (Å²) >= 11 is 0. The van der Waals surface area contributed by atoms with Crippen molar-refractivity contribution in [3.8, 4) is 5.75 Å². The van der Waals surface area contributed by atoms with E-state index in [-0.39, 0.29) is 0 Å². The van der Waals surface area contributed by atoms with E-state index in [1.807, 2.05) is 13.3 Å². The Morgan fingerprint density at radius 2 is 2.14 bits per heavy atom. The maximum Gasteiger partial charge on any atom is 0.387 e. The highest BCUT2D eigenvalue weighted by Gasteiger charge is 2.09. The number of hydrogen-bond acceptors (Lipinski definition) is 1. The molecular formula is C10H10F3O. The Bertz CT molecular complexity index is 299.